The van der Waals surface area contributed by atoms with Gasteiger partial charge in [-0.3, -0.25) is 9.69 Å². The smallest absolute Gasteiger partial charge is 0.260 e. The number of fused-ring (bicyclic) bond motifs is 1. The molecule has 0 fully saturated rings. The van der Waals surface area contributed by atoms with Crippen LogP contribution in [0.15, 0.2) is 36.4 Å². The van der Waals surface area contributed by atoms with Crippen LogP contribution in [0.2, 0.25) is 0 Å². The topological polar surface area (TPSA) is 60.2 Å². The predicted octanol–water partition coefficient (Wildman–Crippen LogP) is 4.81. The van der Waals surface area contributed by atoms with Crippen LogP contribution in [-0.2, 0) is 0 Å². The molecule has 3 rings (SSSR count). The van der Waals surface area contributed by atoms with Gasteiger partial charge in [0.05, 0.1) is 21.8 Å². The van der Waals surface area contributed by atoms with Crippen molar-refractivity contribution in [3.05, 3.63) is 58.7 Å². The van der Waals surface area contributed by atoms with Crippen LogP contribution in [0, 0.1) is 25.2 Å². The summed E-state index contributed by atoms with van der Waals surface area (Å²) in [6.45, 7) is 5.64. The first kappa shape index (κ1) is 22.8. The zero-order valence-corrected chi connectivity index (χ0v) is 18.7. The Morgan fingerprint density at radius 1 is 1.10 bits per heavy atom. The van der Waals surface area contributed by atoms with Gasteiger partial charge >= 0.3 is 0 Å². The highest BCUT2D eigenvalue weighted by molar-refractivity contribution is 7.22. The van der Waals surface area contributed by atoms with Crippen LogP contribution in [0.25, 0.3) is 10.2 Å². The van der Waals surface area contributed by atoms with E-state index in [1.165, 1.54) is 11.1 Å². The fourth-order valence-electron chi connectivity index (χ4n) is 2.96. The molecule has 0 unspecified atom stereocenters. The number of thiazole rings is 1. The molecule has 0 radical (unpaired) electrons. The molecule has 0 aliphatic carbocycles. The number of carbonyl (C=O) groups excluding carboxylic acids is 1. The van der Waals surface area contributed by atoms with Gasteiger partial charge in [-0.05, 0) is 88.4 Å². The van der Waals surface area contributed by atoms with Gasteiger partial charge in [0.1, 0.15) is 0 Å². The molecule has 0 spiro atoms. The number of anilines is 1. The average molecular weight is 429 g/mol. The number of benzene rings is 2. The fourth-order valence-corrected chi connectivity index (χ4v) is 4.03. The van der Waals surface area contributed by atoms with E-state index in [0.29, 0.717) is 22.8 Å². The predicted molar refractivity (Wildman–Crippen MR) is 122 cm³/mol. The molecule has 0 saturated heterocycles. The monoisotopic (exact) mass is 428 g/mol. The van der Waals surface area contributed by atoms with E-state index in [4.69, 9.17) is 10.2 Å². The summed E-state index contributed by atoms with van der Waals surface area (Å²) in [6.07, 6.45) is 0.850. The van der Waals surface area contributed by atoms with Crippen LogP contribution in [-0.4, -0.2) is 43.0 Å². The lowest BCUT2D eigenvalue weighted by Crippen LogP contribution is -2.33. The van der Waals surface area contributed by atoms with Crippen molar-refractivity contribution in [1.29, 1.82) is 5.26 Å². The van der Waals surface area contributed by atoms with E-state index < -0.39 is 0 Å². The van der Waals surface area contributed by atoms with Crippen LogP contribution in [0.4, 0.5) is 5.13 Å². The number of hydrogen-bond acceptors (Lipinski definition) is 5. The summed E-state index contributed by atoms with van der Waals surface area (Å²) >= 11 is 1.55. The number of hydrogen-bond donors (Lipinski definition) is 0. The van der Waals surface area contributed by atoms with Gasteiger partial charge in [-0.1, -0.05) is 11.3 Å². The molecular weight excluding hydrogens is 404 g/mol. The summed E-state index contributed by atoms with van der Waals surface area (Å²) in [5.41, 5.74) is 4.45. The normalized spacial score (nSPS) is 10.6. The molecule has 0 atom stereocenters. The quantitative estimate of drug-likeness (QED) is 0.565. The third-order valence-electron chi connectivity index (χ3n) is 4.72. The summed E-state index contributed by atoms with van der Waals surface area (Å²) in [7, 11) is 4.05. The van der Waals surface area contributed by atoms with Gasteiger partial charge < -0.3 is 4.90 Å². The molecular formula is C22H25ClN4OS. The van der Waals surface area contributed by atoms with Gasteiger partial charge in [0.15, 0.2) is 5.13 Å². The Morgan fingerprint density at radius 3 is 2.38 bits per heavy atom. The molecule has 7 heteroatoms. The van der Waals surface area contributed by atoms with Crippen molar-refractivity contribution in [2.45, 2.75) is 20.3 Å². The van der Waals surface area contributed by atoms with Crippen molar-refractivity contribution in [1.82, 2.24) is 9.88 Å². The number of aromatic nitrogens is 1. The number of amides is 1. The van der Waals surface area contributed by atoms with Crippen LogP contribution in [0.5, 0.6) is 0 Å². The molecule has 2 aromatic carbocycles. The van der Waals surface area contributed by atoms with E-state index in [2.05, 4.69) is 36.9 Å². The van der Waals surface area contributed by atoms with Gasteiger partial charge in [-0.25, -0.2) is 4.98 Å². The van der Waals surface area contributed by atoms with E-state index in [1.54, 1.807) is 40.5 Å². The lowest BCUT2D eigenvalue weighted by Gasteiger charge is -2.21. The standard InChI is InChI=1S/C22H24N4OS.ClH/c1-15-12-19-20(13-16(15)2)28-22(24-19)26(11-5-10-25(3)4)21(27)18-8-6-17(14-23)7-9-18;/h6-9,12-13H,5,10-11H2,1-4H3;1H. The number of rotatable bonds is 6. The summed E-state index contributed by atoms with van der Waals surface area (Å²) in [6, 6.07) is 13.1. The number of carbonyl (C=O) groups is 1. The maximum absolute atomic E-state index is 13.2. The number of aryl methyl sites for hydroxylation is 2. The first-order valence-corrected chi connectivity index (χ1v) is 10.0. The van der Waals surface area contributed by atoms with E-state index in [0.717, 1.165) is 23.2 Å². The Kier molecular flexibility index (Phi) is 7.74. The molecule has 0 aliphatic rings. The van der Waals surface area contributed by atoms with E-state index in [1.807, 2.05) is 14.1 Å². The van der Waals surface area contributed by atoms with Crippen LogP contribution < -0.4 is 4.90 Å². The minimum absolute atomic E-state index is 0. The highest BCUT2D eigenvalue weighted by Gasteiger charge is 2.21. The van der Waals surface area contributed by atoms with E-state index >= 15 is 0 Å². The molecule has 1 amide bonds. The largest absolute Gasteiger partial charge is 0.309 e. The average Bonchev–Trinajstić information content (AvgIpc) is 3.07. The van der Waals surface area contributed by atoms with Crippen LogP contribution >= 0.6 is 23.7 Å². The molecule has 0 N–H and O–H groups in total. The lowest BCUT2D eigenvalue weighted by molar-refractivity contribution is 0.0986. The molecule has 3 aromatic rings. The number of halogens is 1. The third kappa shape index (κ3) is 5.33. The van der Waals surface area contributed by atoms with Gasteiger partial charge in [-0.15, -0.1) is 12.4 Å². The first-order chi connectivity index (χ1) is 13.4. The molecule has 0 bridgehead atoms. The van der Waals surface area contributed by atoms with Gasteiger partial charge in [0.2, 0.25) is 0 Å². The molecule has 1 aromatic heterocycles. The Balaban J connectivity index is 0.00000300. The third-order valence-corrected chi connectivity index (χ3v) is 5.76. The highest BCUT2D eigenvalue weighted by Crippen LogP contribution is 2.31. The zero-order chi connectivity index (χ0) is 20.3. The number of nitrogens with zero attached hydrogens (tertiary/aromatic N) is 4. The summed E-state index contributed by atoms with van der Waals surface area (Å²) in [5.74, 6) is -0.0873. The minimum atomic E-state index is -0.0873. The van der Waals surface area contributed by atoms with E-state index in [9.17, 15) is 4.79 Å². The first-order valence-electron chi connectivity index (χ1n) is 9.23. The summed E-state index contributed by atoms with van der Waals surface area (Å²) in [4.78, 5) is 21.8. The van der Waals surface area contributed by atoms with Crippen molar-refractivity contribution in [2.75, 3.05) is 32.1 Å². The second-order valence-electron chi connectivity index (χ2n) is 7.20. The second-order valence-corrected chi connectivity index (χ2v) is 8.21. The Hall–Kier alpha value is -2.46. The summed E-state index contributed by atoms with van der Waals surface area (Å²) < 4.78 is 1.09. The van der Waals surface area contributed by atoms with Crippen molar-refractivity contribution in [3.63, 3.8) is 0 Å². The molecule has 1 heterocycles. The van der Waals surface area contributed by atoms with E-state index in [-0.39, 0.29) is 18.3 Å². The maximum Gasteiger partial charge on any atom is 0.260 e. The maximum atomic E-state index is 13.2. The molecule has 0 saturated carbocycles. The highest BCUT2D eigenvalue weighted by atomic mass is 35.5. The summed E-state index contributed by atoms with van der Waals surface area (Å²) in [5, 5.41) is 9.71. The molecule has 152 valence electrons. The second kappa shape index (κ2) is 9.84. The van der Waals surface area contributed by atoms with Crippen molar-refractivity contribution < 1.29 is 4.79 Å². The van der Waals surface area contributed by atoms with Crippen molar-refractivity contribution in [3.8, 4) is 6.07 Å². The SMILES string of the molecule is Cc1cc2nc(N(CCCN(C)C)C(=O)c3ccc(C#N)cc3)sc2cc1C.Cl. The minimum Gasteiger partial charge on any atom is -0.309 e. The van der Waals surface area contributed by atoms with Crippen molar-refractivity contribution in [2.24, 2.45) is 0 Å². The zero-order valence-electron chi connectivity index (χ0n) is 17.1. The Morgan fingerprint density at radius 2 is 1.76 bits per heavy atom. The van der Waals surface area contributed by atoms with Crippen LogP contribution in [0.3, 0.4) is 0 Å². The van der Waals surface area contributed by atoms with Gasteiger partial charge in [0, 0.05) is 12.1 Å². The molecule has 0 aliphatic heterocycles. The number of nitriles is 1. The Labute approximate surface area is 182 Å². The van der Waals surface area contributed by atoms with Gasteiger partial charge in [-0.2, -0.15) is 5.26 Å². The lowest BCUT2D eigenvalue weighted by atomic mass is 10.1. The fraction of sp³-hybridized carbons (Fsp3) is 0.318. The molecule has 5 nitrogen and oxygen atoms in total. The molecule has 29 heavy (non-hydrogen) atoms. The van der Waals surface area contributed by atoms with Crippen LogP contribution in [0.1, 0.15) is 33.5 Å². The Bertz CT molecular complexity index is 998. The van der Waals surface area contributed by atoms with Gasteiger partial charge in [0.25, 0.3) is 5.91 Å². The van der Waals surface area contributed by atoms with Crippen molar-refractivity contribution >= 4 is 45.0 Å².